The lowest BCUT2D eigenvalue weighted by atomic mass is 10.1. The van der Waals surface area contributed by atoms with Gasteiger partial charge in [0.1, 0.15) is 23.9 Å². The Morgan fingerprint density at radius 1 is 1.06 bits per heavy atom. The van der Waals surface area contributed by atoms with Crippen LogP contribution in [0.4, 0.5) is 5.69 Å². The van der Waals surface area contributed by atoms with E-state index in [1.165, 1.54) is 0 Å². The number of hydrogen-bond donors (Lipinski definition) is 0. The second-order valence-corrected chi connectivity index (χ2v) is 9.64. The first-order valence-corrected chi connectivity index (χ1v) is 12.8. The number of carbonyl (C=O) groups excluding carboxylic acids is 1. The minimum atomic E-state index is -0.123. The molecule has 36 heavy (non-hydrogen) atoms. The molecule has 7 heteroatoms. The number of rotatable bonds is 7. The van der Waals surface area contributed by atoms with E-state index < -0.39 is 0 Å². The van der Waals surface area contributed by atoms with Crippen LogP contribution >= 0.6 is 15.9 Å². The molecule has 0 saturated heterocycles. The van der Waals surface area contributed by atoms with E-state index in [1.54, 1.807) is 12.1 Å². The zero-order chi connectivity index (χ0) is 25.2. The number of nitrogens with zero attached hydrogens (tertiary/aromatic N) is 1. The lowest BCUT2D eigenvalue weighted by Gasteiger charge is -2.21. The van der Waals surface area contributed by atoms with Crippen molar-refractivity contribution < 1.29 is 23.7 Å². The first kappa shape index (κ1) is 24.4. The van der Waals surface area contributed by atoms with Gasteiger partial charge < -0.3 is 23.8 Å². The van der Waals surface area contributed by atoms with Crippen molar-refractivity contribution in [2.45, 2.75) is 34.0 Å². The van der Waals surface area contributed by atoms with Gasteiger partial charge in [0.25, 0.3) is 0 Å². The lowest BCUT2D eigenvalue weighted by molar-refractivity contribution is -0.0176. The highest BCUT2D eigenvalue weighted by Gasteiger charge is 2.30. The maximum Gasteiger partial charge on any atom is 0.231 e. The number of fused-ring (bicyclic) bond motifs is 2. The van der Waals surface area contributed by atoms with Gasteiger partial charge in [0.05, 0.1) is 12.2 Å². The maximum absolute atomic E-state index is 13.0. The molecule has 2 heterocycles. The Morgan fingerprint density at radius 3 is 2.58 bits per heavy atom. The molecule has 6 nitrogen and oxygen atoms in total. The summed E-state index contributed by atoms with van der Waals surface area (Å²) in [6.07, 6.45) is 1.79. The van der Waals surface area contributed by atoms with Gasteiger partial charge in [-0.2, -0.15) is 0 Å². The maximum atomic E-state index is 13.0. The van der Waals surface area contributed by atoms with Gasteiger partial charge in [0, 0.05) is 39.9 Å². The topological polar surface area (TPSA) is 57.2 Å². The summed E-state index contributed by atoms with van der Waals surface area (Å²) >= 11 is 3.55. The molecule has 0 saturated carbocycles. The van der Waals surface area contributed by atoms with Crippen LogP contribution in [0.3, 0.4) is 0 Å². The Labute approximate surface area is 219 Å². The molecule has 3 aromatic rings. The van der Waals surface area contributed by atoms with Crippen LogP contribution in [0.1, 0.15) is 46.5 Å². The molecule has 2 aliphatic rings. The molecule has 0 amide bonds. The normalized spacial score (nSPS) is 15.2. The van der Waals surface area contributed by atoms with Crippen molar-refractivity contribution in [3.05, 3.63) is 86.6 Å². The molecule has 0 atom stereocenters. The molecule has 0 spiro atoms. The van der Waals surface area contributed by atoms with Crippen molar-refractivity contribution in [1.29, 1.82) is 0 Å². The van der Waals surface area contributed by atoms with Gasteiger partial charge in [-0.25, -0.2) is 0 Å². The second kappa shape index (κ2) is 10.4. The van der Waals surface area contributed by atoms with Gasteiger partial charge >= 0.3 is 0 Å². The van der Waals surface area contributed by atoms with E-state index in [-0.39, 0.29) is 12.6 Å². The highest BCUT2D eigenvalue weighted by Crippen LogP contribution is 2.40. The molecule has 0 aliphatic carbocycles. The van der Waals surface area contributed by atoms with Crippen LogP contribution in [0.25, 0.3) is 6.08 Å². The zero-order valence-electron chi connectivity index (χ0n) is 20.6. The Morgan fingerprint density at radius 2 is 1.83 bits per heavy atom. The highest BCUT2D eigenvalue weighted by molar-refractivity contribution is 9.10. The smallest absolute Gasteiger partial charge is 0.231 e. The van der Waals surface area contributed by atoms with Crippen molar-refractivity contribution in [3.63, 3.8) is 0 Å². The summed E-state index contributed by atoms with van der Waals surface area (Å²) in [6, 6.07) is 15.7. The van der Waals surface area contributed by atoms with E-state index in [1.807, 2.05) is 37.3 Å². The molecule has 0 radical (unpaired) electrons. The molecular formula is C29H28BrNO5. The SMILES string of the molecule is CCN(CC)c1ccc(/C=C2\Oc3c(ccc(OCc4cc(Br)cc5c4OCOC5)c3C)C2=O)cc1. The van der Waals surface area contributed by atoms with E-state index in [4.69, 9.17) is 18.9 Å². The van der Waals surface area contributed by atoms with E-state index in [0.717, 1.165) is 51.3 Å². The molecule has 0 N–H and O–H groups in total. The number of hydrogen-bond acceptors (Lipinski definition) is 6. The largest absolute Gasteiger partial charge is 0.488 e. The summed E-state index contributed by atoms with van der Waals surface area (Å²) < 4.78 is 24.3. The van der Waals surface area contributed by atoms with Crippen LogP contribution in [0, 0.1) is 6.92 Å². The van der Waals surface area contributed by atoms with Gasteiger partial charge in [-0.1, -0.05) is 28.1 Å². The van der Waals surface area contributed by atoms with Crippen LogP contribution in [0.2, 0.25) is 0 Å². The molecule has 186 valence electrons. The lowest BCUT2D eigenvalue weighted by Crippen LogP contribution is -2.21. The summed E-state index contributed by atoms with van der Waals surface area (Å²) in [5.41, 5.74) is 5.31. The molecular weight excluding hydrogens is 522 g/mol. The summed E-state index contributed by atoms with van der Waals surface area (Å²) in [5, 5.41) is 0. The number of benzene rings is 3. The predicted octanol–water partition coefficient (Wildman–Crippen LogP) is 6.67. The summed E-state index contributed by atoms with van der Waals surface area (Å²) in [4.78, 5) is 15.3. The number of ketones is 1. The first-order chi connectivity index (χ1) is 17.5. The van der Waals surface area contributed by atoms with Gasteiger partial charge in [-0.3, -0.25) is 4.79 Å². The van der Waals surface area contributed by atoms with Crippen molar-refractivity contribution in [1.82, 2.24) is 0 Å². The number of halogens is 1. The molecule has 5 rings (SSSR count). The minimum Gasteiger partial charge on any atom is -0.488 e. The first-order valence-electron chi connectivity index (χ1n) is 12.1. The van der Waals surface area contributed by atoms with Crippen LogP contribution in [0.5, 0.6) is 17.2 Å². The number of allylic oxidation sites excluding steroid dienone is 1. The van der Waals surface area contributed by atoms with Gasteiger partial charge in [-0.05, 0) is 68.8 Å². The molecule has 0 aromatic heterocycles. The fourth-order valence-corrected chi connectivity index (χ4v) is 5.12. The van der Waals surface area contributed by atoms with Crippen LogP contribution in [-0.2, 0) is 18.0 Å². The third kappa shape index (κ3) is 4.73. The van der Waals surface area contributed by atoms with Gasteiger partial charge in [0.15, 0.2) is 12.6 Å². The Kier molecular flexibility index (Phi) is 7.03. The number of Topliss-reactive ketones (excluding diaryl/α,β-unsaturated/α-hetero) is 1. The van der Waals surface area contributed by atoms with Crippen molar-refractivity contribution >= 4 is 33.5 Å². The number of ether oxygens (including phenoxy) is 4. The highest BCUT2D eigenvalue weighted by atomic mass is 79.9. The van der Waals surface area contributed by atoms with E-state index in [2.05, 4.69) is 46.8 Å². The van der Waals surface area contributed by atoms with Crippen molar-refractivity contribution in [2.75, 3.05) is 24.8 Å². The second-order valence-electron chi connectivity index (χ2n) is 8.72. The predicted molar refractivity (Wildman–Crippen MR) is 143 cm³/mol. The summed E-state index contributed by atoms with van der Waals surface area (Å²) in [7, 11) is 0. The minimum absolute atomic E-state index is 0.123. The Bertz CT molecular complexity index is 1330. The average molecular weight is 550 g/mol. The zero-order valence-corrected chi connectivity index (χ0v) is 22.2. The summed E-state index contributed by atoms with van der Waals surface area (Å²) in [6.45, 7) is 9.12. The van der Waals surface area contributed by atoms with Gasteiger partial charge in [-0.15, -0.1) is 0 Å². The van der Waals surface area contributed by atoms with Gasteiger partial charge in [0.2, 0.25) is 5.78 Å². The van der Waals surface area contributed by atoms with Crippen LogP contribution in [-0.4, -0.2) is 25.7 Å². The fraction of sp³-hybridized carbons (Fsp3) is 0.276. The third-order valence-corrected chi connectivity index (χ3v) is 6.95. The summed E-state index contributed by atoms with van der Waals surface area (Å²) in [5.74, 6) is 2.20. The quantitative estimate of drug-likeness (QED) is 0.307. The van der Waals surface area contributed by atoms with Crippen molar-refractivity contribution in [3.8, 4) is 17.2 Å². The van der Waals surface area contributed by atoms with E-state index >= 15 is 0 Å². The molecule has 2 aliphatic heterocycles. The monoisotopic (exact) mass is 549 g/mol. The molecule has 0 fully saturated rings. The van der Waals surface area contributed by atoms with Crippen molar-refractivity contribution in [2.24, 2.45) is 0 Å². The molecule has 3 aromatic carbocycles. The Balaban J connectivity index is 1.34. The fourth-order valence-electron chi connectivity index (χ4n) is 4.57. The molecule has 0 bridgehead atoms. The number of anilines is 1. The van der Waals surface area contributed by atoms with Crippen LogP contribution in [0.15, 0.2) is 58.8 Å². The van der Waals surface area contributed by atoms with Crippen LogP contribution < -0.4 is 19.1 Å². The molecule has 0 unspecified atom stereocenters. The van der Waals surface area contributed by atoms with E-state index in [9.17, 15) is 4.79 Å². The standard InChI is InChI=1S/C29H28BrNO5/c1-4-31(5-2)23-8-6-19(7-9-23)12-26-27(32)24-10-11-25(18(3)28(24)36-26)34-16-21-14-22(30)13-20-15-33-17-35-29(20)21/h6-14H,4-5,15-17H2,1-3H3/b26-12-. The average Bonchev–Trinajstić information content (AvgIpc) is 3.21. The van der Waals surface area contributed by atoms with E-state index in [0.29, 0.717) is 36.0 Å². The number of carbonyl (C=O) groups is 1. The third-order valence-electron chi connectivity index (χ3n) is 6.49. The Hall–Kier alpha value is -3.29.